The fraction of sp³-hybridized carbons (Fsp3) is 0.130. The molecule has 8 heteroatoms. The number of cyclic esters (lactones) is 1. The zero-order chi connectivity index (χ0) is 22.1. The molecule has 3 aromatic rings. The molecule has 0 bridgehead atoms. The van der Waals surface area contributed by atoms with Gasteiger partial charge in [0.15, 0.2) is 10.8 Å². The Morgan fingerprint density at radius 3 is 2.68 bits per heavy atom. The van der Waals surface area contributed by atoms with Crippen LogP contribution in [0.15, 0.2) is 63.0 Å². The van der Waals surface area contributed by atoms with E-state index in [1.54, 1.807) is 16.4 Å². The van der Waals surface area contributed by atoms with Crippen LogP contribution in [-0.2, 0) is 14.3 Å². The van der Waals surface area contributed by atoms with Crippen molar-refractivity contribution in [2.75, 3.05) is 4.90 Å². The lowest BCUT2D eigenvalue weighted by molar-refractivity contribution is -0.130. The number of amides is 1. The molecule has 0 saturated carbocycles. The Hall–Kier alpha value is -3.10. The summed E-state index contributed by atoms with van der Waals surface area (Å²) >= 11 is 4.72. The number of thiazole rings is 1. The van der Waals surface area contributed by atoms with Gasteiger partial charge >= 0.3 is 5.97 Å². The van der Waals surface area contributed by atoms with Gasteiger partial charge in [0.2, 0.25) is 11.8 Å². The van der Waals surface area contributed by atoms with E-state index in [1.807, 2.05) is 56.3 Å². The van der Waals surface area contributed by atoms with Crippen molar-refractivity contribution in [3.05, 3.63) is 80.4 Å². The highest BCUT2D eigenvalue weighted by Crippen LogP contribution is 2.31. The molecule has 0 saturated heterocycles. The third kappa shape index (κ3) is 4.50. The topological polar surface area (TPSA) is 71.9 Å². The molecule has 0 N–H and O–H groups in total. The lowest BCUT2D eigenvalue weighted by Crippen LogP contribution is -2.22. The van der Waals surface area contributed by atoms with E-state index in [0.717, 1.165) is 21.3 Å². The molecule has 156 valence electrons. The van der Waals surface area contributed by atoms with Crippen LogP contribution >= 0.6 is 27.3 Å². The van der Waals surface area contributed by atoms with Crippen molar-refractivity contribution in [1.82, 2.24) is 4.98 Å². The summed E-state index contributed by atoms with van der Waals surface area (Å²) in [5.41, 5.74) is 4.37. The molecule has 2 aromatic carbocycles. The second-order valence-electron chi connectivity index (χ2n) is 7.02. The van der Waals surface area contributed by atoms with Crippen LogP contribution in [0.3, 0.4) is 0 Å². The van der Waals surface area contributed by atoms with E-state index in [2.05, 4.69) is 25.9 Å². The van der Waals surface area contributed by atoms with Crippen LogP contribution in [0.25, 0.3) is 6.08 Å². The van der Waals surface area contributed by atoms with Gasteiger partial charge in [-0.15, -0.1) is 11.3 Å². The number of aliphatic imine (C=N–C) groups is 1. The number of carbonyl (C=O) groups is 2. The molecule has 0 fully saturated rings. The maximum Gasteiger partial charge on any atom is 0.363 e. The first-order valence-electron chi connectivity index (χ1n) is 9.44. The number of benzene rings is 2. The van der Waals surface area contributed by atoms with Crippen LogP contribution in [0, 0.1) is 13.8 Å². The number of carbonyl (C=O) groups excluding carboxylic acids is 2. The lowest BCUT2D eigenvalue weighted by atomic mass is 10.1. The minimum atomic E-state index is -0.540. The van der Waals surface area contributed by atoms with Crippen LogP contribution in [0.1, 0.15) is 29.3 Å². The number of aryl methyl sites for hydroxylation is 2. The number of nitrogens with zero attached hydrogens (tertiary/aromatic N) is 3. The second-order valence-corrected chi connectivity index (χ2v) is 8.78. The van der Waals surface area contributed by atoms with Gasteiger partial charge in [0, 0.05) is 22.3 Å². The Morgan fingerprint density at radius 1 is 1.16 bits per heavy atom. The van der Waals surface area contributed by atoms with Crippen molar-refractivity contribution >= 4 is 61.9 Å². The largest absolute Gasteiger partial charge is 0.402 e. The maximum atomic E-state index is 12.4. The SMILES string of the molecule is CC(=O)N(c1ccc(C)c(C)c1)c1nc(/C=C2\N=C(c3cccc(Br)c3)OC2=O)cs1. The van der Waals surface area contributed by atoms with Crippen LogP contribution in [-0.4, -0.2) is 22.8 Å². The van der Waals surface area contributed by atoms with E-state index in [9.17, 15) is 9.59 Å². The van der Waals surface area contributed by atoms with E-state index in [4.69, 9.17) is 4.74 Å². The molecular weight excluding hydrogens is 478 g/mol. The molecule has 0 atom stereocenters. The van der Waals surface area contributed by atoms with Crippen LogP contribution < -0.4 is 4.90 Å². The molecule has 6 nitrogen and oxygen atoms in total. The number of hydrogen-bond acceptors (Lipinski definition) is 6. The number of halogens is 1. The van der Waals surface area contributed by atoms with E-state index in [0.29, 0.717) is 16.4 Å². The number of anilines is 2. The van der Waals surface area contributed by atoms with E-state index < -0.39 is 5.97 Å². The predicted octanol–water partition coefficient (Wildman–Crippen LogP) is 5.55. The molecule has 1 amide bonds. The van der Waals surface area contributed by atoms with Gasteiger partial charge in [-0.3, -0.25) is 9.69 Å². The number of aromatic nitrogens is 1. The Bertz CT molecular complexity index is 1260. The summed E-state index contributed by atoms with van der Waals surface area (Å²) in [6, 6.07) is 13.2. The predicted molar refractivity (Wildman–Crippen MR) is 126 cm³/mol. The number of hydrogen-bond donors (Lipinski definition) is 0. The van der Waals surface area contributed by atoms with Crippen molar-refractivity contribution in [3.8, 4) is 0 Å². The van der Waals surface area contributed by atoms with Gasteiger partial charge in [0.1, 0.15) is 0 Å². The summed E-state index contributed by atoms with van der Waals surface area (Å²) in [7, 11) is 0. The van der Waals surface area contributed by atoms with Gasteiger partial charge in [-0.05, 0) is 61.4 Å². The van der Waals surface area contributed by atoms with E-state index in [-0.39, 0.29) is 17.5 Å². The molecule has 31 heavy (non-hydrogen) atoms. The van der Waals surface area contributed by atoms with Crippen molar-refractivity contribution in [2.45, 2.75) is 20.8 Å². The zero-order valence-electron chi connectivity index (χ0n) is 17.0. The van der Waals surface area contributed by atoms with Crippen molar-refractivity contribution < 1.29 is 14.3 Å². The molecule has 0 radical (unpaired) electrons. The quantitative estimate of drug-likeness (QED) is 0.351. The zero-order valence-corrected chi connectivity index (χ0v) is 19.5. The van der Waals surface area contributed by atoms with Crippen molar-refractivity contribution in [3.63, 3.8) is 0 Å². The summed E-state index contributed by atoms with van der Waals surface area (Å²) in [4.78, 5) is 35.0. The van der Waals surface area contributed by atoms with E-state index >= 15 is 0 Å². The fourth-order valence-corrected chi connectivity index (χ4v) is 4.27. The van der Waals surface area contributed by atoms with Gasteiger partial charge in [0.25, 0.3) is 0 Å². The summed E-state index contributed by atoms with van der Waals surface area (Å²) < 4.78 is 6.17. The van der Waals surface area contributed by atoms with Crippen LogP contribution in [0.2, 0.25) is 0 Å². The van der Waals surface area contributed by atoms with Gasteiger partial charge < -0.3 is 4.74 Å². The van der Waals surface area contributed by atoms with Crippen LogP contribution in [0.5, 0.6) is 0 Å². The molecular formula is C23H18BrN3O3S. The minimum Gasteiger partial charge on any atom is -0.402 e. The van der Waals surface area contributed by atoms with Gasteiger partial charge in [-0.1, -0.05) is 28.1 Å². The number of rotatable bonds is 4. The van der Waals surface area contributed by atoms with Crippen molar-refractivity contribution in [2.24, 2.45) is 4.99 Å². The van der Waals surface area contributed by atoms with Gasteiger partial charge in [0.05, 0.1) is 11.4 Å². The minimum absolute atomic E-state index is 0.146. The summed E-state index contributed by atoms with van der Waals surface area (Å²) in [5.74, 6) is -0.442. The average molecular weight is 496 g/mol. The van der Waals surface area contributed by atoms with Crippen LogP contribution in [0.4, 0.5) is 10.8 Å². The highest BCUT2D eigenvalue weighted by molar-refractivity contribution is 9.10. The first-order valence-corrected chi connectivity index (χ1v) is 11.1. The smallest absolute Gasteiger partial charge is 0.363 e. The Morgan fingerprint density at radius 2 is 1.97 bits per heavy atom. The monoisotopic (exact) mass is 495 g/mol. The molecule has 0 aliphatic carbocycles. The molecule has 1 aromatic heterocycles. The molecule has 4 rings (SSSR count). The average Bonchev–Trinajstić information content (AvgIpc) is 3.32. The third-order valence-corrected chi connectivity index (χ3v) is 6.08. The highest BCUT2D eigenvalue weighted by atomic mass is 79.9. The molecule has 1 aliphatic rings. The first-order chi connectivity index (χ1) is 14.8. The summed E-state index contributed by atoms with van der Waals surface area (Å²) in [6.45, 7) is 5.52. The summed E-state index contributed by atoms with van der Waals surface area (Å²) in [6.07, 6.45) is 1.56. The number of esters is 1. The van der Waals surface area contributed by atoms with E-state index in [1.165, 1.54) is 18.3 Å². The second kappa shape index (κ2) is 8.56. The fourth-order valence-electron chi connectivity index (χ4n) is 3.03. The molecule has 0 spiro atoms. The standard InChI is InChI=1S/C23H18BrN3O3S/c1-13-7-8-19(9-14(13)2)27(15(3)28)23-25-18(12-31-23)11-20-22(29)30-21(26-20)16-5-4-6-17(24)10-16/h4-12H,1-3H3/b20-11-. The highest BCUT2D eigenvalue weighted by Gasteiger charge is 2.25. The Labute approximate surface area is 192 Å². The Kier molecular flexibility index (Phi) is 5.84. The third-order valence-electron chi connectivity index (χ3n) is 4.74. The maximum absolute atomic E-state index is 12.4. The number of ether oxygens (including phenoxy) is 1. The van der Waals surface area contributed by atoms with Gasteiger partial charge in [-0.2, -0.15) is 0 Å². The Balaban J connectivity index is 1.64. The first kappa shape index (κ1) is 21.1. The normalized spacial score (nSPS) is 14.5. The molecule has 0 unspecified atom stereocenters. The molecule has 2 heterocycles. The molecule has 1 aliphatic heterocycles. The summed E-state index contributed by atoms with van der Waals surface area (Å²) in [5, 5.41) is 2.30. The lowest BCUT2D eigenvalue weighted by Gasteiger charge is -2.19. The van der Waals surface area contributed by atoms with Crippen molar-refractivity contribution in [1.29, 1.82) is 0 Å². The van der Waals surface area contributed by atoms with Gasteiger partial charge in [-0.25, -0.2) is 14.8 Å².